The fourth-order valence-electron chi connectivity index (χ4n) is 1.33. The van der Waals surface area contributed by atoms with E-state index in [1.165, 1.54) is 0 Å². The Morgan fingerprint density at radius 2 is 2.25 bits per heavy atom. The van der Waals surface area contributed by atoms with Crippen molar-refractivity contribution < 1.29 is 9.53 Å². The van der Waals surface area contributed by atoms with Crippen LogP contribution in [0, 0.1) is 0 Å². The van der Waals surface area contributed by atoms with E-state index in [4.69, 9.17) is 16.3 Å². The second kappa shape index (κ2) is 4.45. The summed E-state index contributed by atoms with van der Waals surface area (Å²) in [5.74, 6) is -0.454. The van der Waals surface area contributed by atoms with Crippen molar-refractivity contribution in [3.63, 3.8) is 0 Å². The Morgan fingerprint density at radius 3 is 3.00 bits per heavy atom. The summed E-state index contributed by atoms with van der Waals surface area (Å²) in [4.78, 5) is 19.5. The highest BCUT2D eigenvalue weighted by molar-refractivity contribution is 6.33. The number of pyridine rings is 2. The van der Waals surface area contributed by atoms with Gasteiger partial charge < -0.3 is 4.74 Å². The maximum Gasteiger partial charge on any atom is 0.356 e. The summed E-state index contributed by atoms with van der Waals surface area (Å²) in [5.41, 5.74) is 0.749. The molecular formula is C11H9ClN2O2. The van der Waals surface area contributed by atoms with Crippen LogP contribution in [0.5, 0.6) is 0 Å². The lowest BCUT2D eigenvalue weighted by molar-refractivity contribution is 0.0520. The second-order valence-corrected chi connectivity index (χ2v) is 3.45. The van der Waals surface area contributed by atoms with Crippen molar-refractivity contribution in [3.05, 3.63) is 35.2 Å². The van der Waals surface area contributed by atoms with Gasteiger partial charge in [-0.05, 0) is 19.1 Å². The van der Waals surface area contributed by atoms with E-state index in [9.17, 15) is 4.79 Å². The fraction of sp³-hybridized carbons (Fsp3) is 0.182. The van der Waals surface area contributed by atoms with Gasteiger partial charge in [0.25, 0.3) is 0 Å². The minimum atomic E-state index is -0.454. The minimum Gasteiger partial charge on any atom is -0.461 e. The predicted octanol–water partition coefficient (Wildman–Crippen LogP) is 2.46. The van der Waals surface area contributed by atoms with Crippen LogP contribution in [0.25, 0.3) is 10.9 Å². The Kier molecular flexibility index (Phi) is 3.01. The first kappa shape index (κ1) is 10.8. The molecule has 2 rings (SSSR count). The van der Waals surface area contributed by atoms with Gasteiger partial charge in [0.15, 0.2) is 5.15 Å². The van der Waals surface area contributed by atoms with Crippen molar-refractivity contribution in [1.82, 2.24) is 9.97 Å². The van der Waals surface area contributed by atoms with E-state index in [1.807, 2.05) is 0 Å². The molecule has 4 nitrogen and oxygen atoms in total. The molecule has 0 spiro atoms. The van der Waals surface area contributed by atoms with E-state index in [-0.39, 0.29) is 10.8 Å². The molecule has 0 aliphatic rings. The third kappa shape index (κ3) is 1.97. The van der Waals surface area contributed by atoms with Crippen molar-refractivity contribution in [1.29, 1.82) is 0 Å². The predicted molar refractivity (Wildman–Crippen MR) is 60.5 cm³/mol. The molecule has 2 aromatic rings. The van der Waals surface area contributed by atoms with Crippen LogP contribution in [0.15, 0.2) is 24.4 Å². The van der Waals surface area contributed by atoms with Crippen molar-refractivity contribution in [3.8, 4) is 0 Å². The van der Waals surface area contributed by atoms with Crippen molar-refractivity contribution in [2.75, 3.05) is 6.61 Å². The molecule has 0 aromatic carbocycles. The topological polar surface area (TPSA) is 52.1 Å². The van der Waals surface area contributed by atoms with Crippen LogP contribution in [0.3, 0.4) is 0 Å². The van der Waals surface area contributed by atoms with E-state index in [2.05, 4.69) is 9.97 Å². The first-order valence-electron chi connectivity index (χ1n) is 4.80. The average Bonchev–Trinajstić information content (AvgIpc) is 2.29. The van der Waals surface area contributed by atoms with Gasteiger partial charge in [0.05, 0.1) is 6.61 Å². The number of hydrogen-bond acceptors (Lipinski definition) is 4. The highest BCUT2D eigenvalue weighted by atomic mass is 35.5. The Bertz CT molecular complexity index is 542. The Hall–Kier alpha value is -1.68. The van der Waals surface area contributed by atoms with Gasteiger partial charge in [-0.15, -0.1) is 0 Å². The smallest absolute Gasteiger partial charge is 0.356 e. The molecule has 0 N–H and O–H groups in total. The summed E-state index contributed by atoms with van der Waals surface area (Å²) >= 11 is 5.89. The van der Waals surface area contributed by atoms with Crippen LogP contribution in [0.1, 0.15) is 17.4 Å². The molecule has 5 heteroatoms. The molecule has 0 fully saturated rings. The maximum atomic E-state index is 11.5. The van der Waals surface area contributed by atoms with Gasteiger partial charge in [-0.2, -0.15) is 0 Å². The van der Waals surface area contributed by atoms with Crippen molar-refractivity contribution >= 4 is 28.5 Å². The monoisotopic (exact) mass is 236 g/mol. The van der Waals surface area contributed by atoms with E-state index in [0.717, 1.165) is 5.39 Å². The van der Waals surface area contributed by atoms with Gasteiger partial charge in [-0.3, -0.25) is 0 Å². The van der Waals surface area contributed by atoms with Crippen molar-refractivity contribution in [2.24, 2.45) is 0 Å². The van der Waals surface area contributed by atoms with Crippen LogP contribution < -0.4 is 0 Å². The summed E-state index contributed by atoms with van der Waals surface area (Å²) in [6, 6.07) is 5.15. The third-order valence-electron chi connectivity index (χ3n) is 2.05. The molecule has 82 valence electrons. The number of esters is 1. The molecule has 0 amide bonds. The van der Waals surface area contributed by atoms with Crippen LogP contribution in [0.2, 0.25) is 5.15 Å². The molecule has 0 bridgehead atoms. The van der Waals surface area contributed by atoms with Gasteiger partial charge in [-0.25, -0.2) is 14.8 Å². The van der Waals surface area contributed by atoms with E-state index < -0.39 is 5.97 Å². The lowest BCUT2D eigenvalue weighted by Crippen LogP contribution is -2.07. The maximum absolute atomic E-state index is 11.5. The van der Waals surface area contributed by atoms with Crippen LogP contribution in [-0.4, -0.2) is 22.5 Å². The van der Waals surface area contributed by atoms with Crippen molar-refractivity contribution in [2.45, 2.75) is 6.92 Å². The highest BCUT2D eigenvalue weighted by Gasteiger charge is 2.10. The normalized spacial score (nSPS) is 10.4. The SMILES string of the molecule is CCOC(=O)c1ccc2ccnc(Cl)c2n1. The number of aromatic nitrogens is 2. The van der Waals surface area contributed by atoms with Gasteiger partial charge in [-0.1, -0.05) is 17.7 Å². The molecule has 16 heavy (non-hydrogen) atoms. The molecule has 0 saturated carbocycles. The lowest BCUT2D eigenvalue weighted by atomic mass is 10.2. The largest absolute Gasteiger partial charge is 0.461 e. The summed E-state index contributed by atoms with van der Waals surface area (Å²) < 4.78 is 4.85. The van der Waals surface area contributed by atoms with E-state index in [1.54, 1.807) is 31.3 Å². The van der Waals surface area contributed by atoms with Gasteiger partial charge in [0.1, 0.15) is 11.2 Å². The summed E-state index contributed by atoms with van der Waals surface area (Å²) in [6.45, 7) is 2.06. The number of rotatable bonds is 2. The average molecular weight is 237 g/mol. The molecule has 0 aliphatic heterocycles. The Balaban J connectivity index is 2.51. The number of nitrogens with zero attached hydrogens (tertiary/aromatic N) is 2. The Labute approximate surface area is 97.2 Å². The highest BCUT2D eigenvalue weighted by Crippen LogP contribution is 2.19. The number of fused-ring (bicyclic) bond motifs is 1. The van der Waals surface area contributed by atoms with Crippen LogP contribution >= 0.6 is 11.6 Å². The molecule has 0 saturated heterocycles. The summed E-state index contributed by atoms with van der Waals surface area (Å²) in [6.07, 6.45) is 1.59. The van der Waals surface area contributed by atoms with Gasteiger partial charge >= 0.3 is 5.97 Å². The summed E-state index contributed by atoms with van der Waals surface area (Å²) in [5, 5.41) is 1.12. The molecular weight excluding hydrogens is 228 g/mol. The number of carbonyl (C=O) groups excluding carboxylic acids is 1. The van der Waals surface area contributed by atoms with Gasteiger partial charge in [0, 0.05) is 11.6 Å². The minimum absolute atomic E-state index is 0.240. The fourth-order valence-corrected chi connectivity index (χ4v) is 1.54. The van der Waals surface area contributed by atoms with E-state index in [0.29, 0.717) is 12.1 Å². The lowest BCUT2D eigenvalue weighted by Gasteiger charge is -2.03. The summed E-state index contributed by atoms with van der Waals surface area (Å²) in [7, 11) is 0. The zero-order chi connectivity index (χ0) is 11.5. The molecule has 0 unspecified atom stereocenters. The van der Waals surface area contributed by atoms with Gasteiger partial charge in [0.2, 0.25) is 0 Å². The molecule has 0 radical (unpaired) electrons. The quantitative estimate of drug-likeness (QED) is 0.594. The van der Waals surface area contributed by atoms with Crippen LogP contribution in [0.4, 0.5) is 0 Å². The van der Waals surface area contributed by atoms with E-state index >= 15 is 0 Å². The molecule has 0 aliphatic carbocycles. The number of ether oxygens (including phenoxy) is 1. The zero-order valence-electron chi connectivity index (χ0n) is 8.61. The first-order chi connectivity index (χ1) is 7.72. The number of halogens is 1. The molecule has 2 aromatic heterocycles. The molecule has 0 atom stereocenters. The standard InChI is InChI=1S/C11H9ClN2O2/c1-2-16-11(15)8-4-3-7-5-6-13-10(12)9(7)14-8/h3-6H,2H2,1H3. The first-order valence-corrected chi connectivity index (χ1v) is 5.18. The number of carbonyl (C=O) groups is 1. The third-order valence-corrected chi connectivity index (χ3v) is 2.32. The second-order valence-electron chi connectivity index (χ2n) is 3.09. The Morgan fingerprint density at radius 1 is 1.44 bits per heavy atom. The molecule has 2 heterocycles. The zero-order valence-corrected chi connectivity index (χ0v) is 9.36. The van der Waals surface area contributed by atoms with Crippen LogP contribution in [-0.2, 0) is 4.74 Å². The number of hydrogen-bond donors (Lipinski definition) is 0.